The molecule has 19 heavy (non-hydrogen) atoms. The van der Waals surface area contributed by atoms with E-state index in [4.69, 9.17) is 5.73 Å². The Balaban J connectivity index is 1.78. The van der Waals surface area contributed by atoms with E-state index in [0.29, 0.717) is 12.0 Å². The first kappa shape index (κ1) is 14.8. The third-order valence-electron chi connectivity index (χ3n) is 4.03. The number of halogens is 1. The second-order valence-corrected chi connectivity index (χ2v) is 6.39. The predicted molar refractivity (Wildman–Crippen MR) is 79.9 cm³/mol. The lowest BCUT2D eigenvalue weighted by atomic mass is 10.0. The molecule has 1 fully saturated rings. The second kappa shape index (κ2) is 7.27. The number of thioether (sulfide) groups is 1. The van der Waals surface area contributed by atoms with E-state index >= 15 is 0 Å². The molecule has 2 atom stereocenters. The molecule has 0 radical (unpaired) electrons. The summed E-state index contributed by atoms with van der Waals surface area (Å²) in [5.41, 5.74) is 5.82. The molecule has 2 nitrogen and oxygen atoms in total. The van der Waals surface area contributed by atoms with Crippen molar-refractivity contribution in [3.8, 4) is 0 Å². The number of hydrogen-bond acceptors (Lipinski definition) is 3. The largest absolute Gasteiger partial charge is 0.330 e. The molecule has 1 saturated carbocycles. The lowest BCUT2D eigenvalue weighted by Gasteiger charge is -2.28. The van der Waals surface area contributed by atoms with Gasteiger partial charge in [0.1, 0.15) is 5.82 Å². The Morgan fingerprint density at radius 2 is 2.16 bits per heavy atom. The summed E-state index contributed by atoms with van der Waals surface area (Å²) in [6.07, 6.45) is 3.80. The van der Waals surface area contributed by atoms with Gasteiger partial charge in [0, 0.05) is 23.2 Å². The smallest absolute Gasteiger partial charge is 0.136 e. The molecule has 0 amide bonds. The molecule has 2 unspecified atom stereocenters. The highest BCUT2D eigenvalue weighted by Crippen LogP contribution is 2.29. The van der Waals surface area contributed by atoms with Gasteiger partial charge in [0.2, 0.25) is 0 Å². The second-order valence-electron chi connectivity index (χ2n) is 5.25. The zero-order valence-electron chi connectivity index (χ0n) is 11.5. The van der Waals surface area contributed by atoms with Crippen molar-refractivity contribution in [3.63, 3.8) is 0 Å². The summed E-state index contributed by atoms with van der Waals surface area (Å²) in [5, 5.41) is 0. The van der Waals surface area contributed by atoms with E-state index in [2.05, 4.69) is 11.9 Å². The van der Waals surface area contributed by atoms with Gasteiger partial charge >= 0.3 is 0 Å². The van der Waals surface area contributed by atoms with Crippen LogP contribution >= 0.6 is 11.8 Å². The summed E-state index contributed by atoms with van der Waals surface area (Å²) in [5.74, 6) is 1.45. The third kappa shape index (κ3) is 3.94. The Morgan fingerprint density at radius 1 is 1.37 bits per heavy atom. The molecule has 1 aliphatic carbocycles. The maximum atomic E-state index is 13.5. The summed E-state index contributed by atoms with van der Waals surface area (Å²) < 4.78 is 13.5. The monoisotopic (exact) mass is 282 g/mol. The lowest BCUT2D eigenvalue weighted by Crippen LogP contribution is -2.38. The first-order valence-corrected chi connectivity index (χ1v) is 7.98. The Kier molecular flexibility index (Phi) is 5.67. The van der Waals surface area contributed by atoms with Crippen molar-refractivity contribution in [2.24, 2.45) is 11.7 Å². The van der Waals surface area contributed by atoms with Crippen LogP contribution in [0.2, 0.25) is 0 Å². The standard InChI is InChI=1S/C15H23FN2S/c1-18(14-7-4-5-12(14)11-17)9-10-19-15-8-3-2-6-13(15)16/h2-3,6,8,12,14H,4-5,7,9-11,17H2,1H3. The van der Waals surface area contributed by atoms with Gasteiger partial charge < -0.3 is 10.6 Å². The Morgan fingerprint density at radius 3 is 2.89 bits per heavy atom. The zero-order valence-corrected chi connectivity index (χ0v) is 12.3. The molecule has 0 aliphatic heterocycles. The van der Waals surface area contributed by atoms with Gasteiger partial charge in [-0.15, -0.1) is 11.8 Å². The number of nitrogens with zero attached hydrogens (tertiary/aromatic N) is 1. The quantitative estimate of drug-likeness (QED) is 0.813. The van der Waals surface area contributed by atoms with E-state index in [1.54, 1.807) is 17.8 Å². The fraction of sp³-hybridized carbons (Fsp3) is 0.600. The van der Waals surface area contributed by atoms with Crippen LogP contribution in [0.25, 0.3) is 0 Å². The van der Waals surface area contributed by atoms with Gasteiger partial charge in [-0.2, -0.15) is 0 Å². The molecular formula is C15H23FN2S. The van der Waals surface area contributed by atoms with Crippen molar-refractivity contribution in [2.75, 3.05) is 25.9 Å². The minimum atomic E-state index is -0.115. The van der Waals surface area contributed by atoms with E-state index in [0.717, 1.165) is 23.7 Å². The van der Waals surface area contributed by atoms with Crippen molar-refractivity contribution in [3.05, 3.63) is 30.1 Å². The summed E-state index contributed by atoms with van der Waals surface area (Å²) >= 11 is 1.60. The van der Waals surface area contributed by atoms with E-state index in [1.165, 1.54) is 25.3 Å². The third-order valence-corrected chi connectivity index (χ3v) is 5.05. The summed E-state index contributed by atoms with van der Waals surface area (Å²) in [6, 6.07) is 7.60. The molecule has 1 aromatic rings. The van der Waals surface area contributed by atoms with Gasteiger partial charge in [-0.1, -0.05) is 18.6 Å². The molecule has 0 aromatic heterocycles. The molecule has 0 bridgehead atoms. The predicted octanol–water partition coefficient (Wildman–Crippen LogP) is 2.98. The Labute approximate surface area is 119 Å². The molecule has 1 aromatic carbocycles. The Bertz CT molecular complexity index is 399. The number of rotatable bonds is 6. The lowest BCUT2D eigenvalue weighted by molar-refractivity contribution is 0.211. The van der Waals surface area contributed by atoms with Crippen LogP contribution in [0.4, 0.5) is 4.39 Å². The minimum absolute atomic E-state index is 0.115. The summed E-state index contributed by atoms with van der Waals surface area (Å²) in [7, 11) is 2.17. The van der Waals surface area contributed by atoms with Crippen LogP contribution in [-0.2, 0) is 0 Å². The highest BCUT2D eigenvalue weighted by molar-refractivity contribution is 7.99. The SMILES string of the molecule is CN(CCSc1ccccc1F)C1CCCC1CN. The number of hydrogen-bond donors (Lipinski definition) is 1. The molecule has 2 N–H and O–H groups in total. The molecule has 1 aliphatic rings. The molecule has 0 saturated heterocycles. The van der Waals surface area contributed by atoms with Crippen molar-refractivity contribution in [1.29, 1.82) is 0 Å². The summed E-state index contributed by atoms with van der Waals surface area (Å²) in [6.45, 7) is 1.77. The normalized spacial score (nSPS) is 23.2. The fourth-order valence-electron chi connectivity index (χ4n) is 2.90. The van der Waals surface area contributed by atoms with Crippen LogP contribution in [-0.4, -0.2) is 36.8 Å². The van der Waals surface area contributed by atoms with Crippen molar-refractivity contribution < 1.29 is 4.39 Å². The first-order valence-electron chi connectivity index (χ1n) is 7.00. The van der Waals surface area contributed by atoms with Crippen molar-refractivity contribution in [1.82, 2.24) is 4.90 Å². The summed E-state index contributed by atoms with van der Waals surface area (Å²) in [4.78, 5) is 3.15. The van der Waals surface area contributed by atoms with Crippen molar-refractivity contribution in [2.45, 2.75) is 30.2 Å². The fourth-order valence-corrected chi connectivity index (χ4v) is 3.88. The van der Waals surface area contributed by atoms with E-state index in [9.17, 15) is 4.39 Å². The van der Waals surface area contributed by atoms with Gasteiger partial charge in [-0.25, -0.2) is 4.39 Å². The average molecular weight is 282 g/mol. The first-order chi connectivity index (χ1) is 9.22. The minimum Gasteiger partial charge on any atom is -0.330 e. The topological polar surface area (TPSA) is 29.3 Å². The van der Waals surface area contributed by atoms with Crippen LogP contribution < -0.4 is 5.73 Å². The molecule has 0 heterocycles. The van der Waals surface area contributed by atoms with Crippen LogP contribution in [0.1, 0.15) is 19.3 Å². The van der Waals surface area contributed by atoms with Gasteiger partial charge in [-0.05, 0) is 44.5 Å². The molecule has 0 spiro atoms. The maximum Gasteiger partial charge on any atom is 0.136 e. The van der Waals surface area contributed by atoms with E-state index in [-0.39, 0.29) is 5.82 Å². The van der Waals surface area contributed by atoms with Crippen LogP contribution in [0.15, 0.2) is 29.2 Å². The van der Waals surface area contributed by atoms with Crippen LogP contribution in [0.3, 0.4) is 0 Å². The Hall–Kier alpha value is -0.580. The number of benzene rings is 1. The molecule has 2 rings (SSSR count). The van der Waals surface area contributed by atoms with Crippen LogP contribution in [0, 0.1) is 11.7 Å². The maximum absolute atomic E-state index is 13.5. The number of nitrogens with two attached hydrogens (primary N) is 1. The van der Waals surface area contributed by atoms with Gasteiger partial charge in [0.15, 0.2) is 0 Å². The van der Waals surface area contributed by atoms with Crippen LogP contribution in [0.5, 0.6) is 0 Å². The van der Waals surface area contributed by atoms with E-state index in [1.807, 2.05) is 12.1 Å². The molecule has 4 heteroatoms. The highest BCUT2D eigenvalue weighted by Gasteiger charge is 2.28. The van der Waals surface area contributed by atoms with E-state index < -0.39 is 0 Å². The zero-order chi connectivity index (χ0) is 13.7. The van der Waals surface area contributed by atoms with Gasteiger partial charge in [-0.3, -0.25) is 0 Å². The molecular weight excluding hydrogens is 259 g/mol. The van der Waals surface area contributed by atoms with Crippen molar-refractivity contribution >= 4 is 11.8 Å². The highest BCUT2D eigenvalue weighted by atomic mass is 32.2. The van der Waals surface area contributed by atoms with Gasteiger partial charge in [0.05, 0.1) is 0 Å². The van der Waals surface area contributed by atoms with Gasteiger partial charge in [0.25, 0.3) is 0 Å². The molecule has 106 valence electrons. The average Bonchev–Trinajstić information content (AvgIpc) is 2.89.